The summed E-state index contributed by atoms with van der Waals surface area (Å²) < 4.78 is 0. The van der Waals surface area contributed by atoms with E-state index in [0.29, 0.717) is 0 Å². The fraction of sp³-hybridized carbons (Fsp3) is 0.571. The zero-order valence-corrected chi connectivity index (χ0v) is 10.2. The Morgan fingerprint density at radius 3 is 2.40 bits per heavy atom. The molecule has 0 aliphatic heterocycles. The van der Waals surface area contributed by atoms with E-state index in [9.17, 15) is 0 Å². The summed E-state index contributed by atoms with van der Waals surface area (Å²) in [7, 11) is 0. The molecule has 0 amide bonds. The topological polar surface area (TPSA) is 12.0 Å². The number of rotatable bonds is 6. The van der Waals surface area contributed by atoms with E-state index in [1.54, 1.807) is 0 Å². The van der Waals surface area contributed by atoms with E-state index in [-0.39, 0.29) is 0 Å². The average molecular weight is 205 g/mol. The predicted octanol–water partition coefficient (Wildman–Crippen LogP) is 3.38. The molecule has 0 heterocycles. The minimum atomic E-state index is 0.725. The van der Waals surface area contributed by atoms with Gasteiger partial charge < -0.3 is 5.32 Å². The largest absolute Gasteiger partial charge is 0.312 e. The van der Waals surface area contributed by atoms with E-state index in [4.69, 9.17) is 0 Å². The highest BCUT2D eigenvalue weighted by Gasteiger charge is 2.00. The molecule has 1 nitrogen and oxygen atoms in total. The van der Waals surface area contributed by atoms with Crippen LogP contribution in [0, 0.1) is 5.92 Å². The molecule has 0 aliphatic rings. The second kappa shape index (κ2) is 6.62. The third-order valence-corrected chi connectivity index (χ3v) is 2.51. The zero-order valence-electron chi connectivity index (χ0n) is 10.2. The van der Waals surface area contributed by atoms with Gasteiger partial charge in [0.05, 0.1) is 0 Å². The fourth-order valence-electron chi connectivity index (χ4n) is 1.74. The van der Waals surface area contributed by atoms with Crippen LogP contribution in [-0.2, 0) is 13.0 Å². The fourth-order valence-corrected chi connectivity index (χ4v) is 1.74. The maximum absolute atomic E-state index is 3.50. The van der Waals surface area contributed by atoms with Crippen molar-refractivity contribution in [3.05, 3.63) is 35.4 Å². The van der Waals surface area contributed by atoms with Crippen molar-refractivity contribution < 1.29 is 0 Å². The monoisotopic (exact) mass is 205 g/mol. The van der Waals surface area contributed by atoms with Crippen LogP contribution in [0.4, 0.5) is 0 Å². The van der Waals surface area contributed by atoms with Gasteiger partial charge in [-0.2, -0.15) is 0 Å². The maximum atomic E-state index is 3.50. The van der Waals surface area contributed by atoms with Crippen LogP contribution in [0.5, 0.6) is 0 Å². The lowest BCUT2D eigenvalue weighted by atomic mass is 10.0. The Labute approximate surface area is 93.9 Å². The first kappa shape index (κ1) is 12.3. The lowest BCUT2D eigenvalue weighted by Gasteiger charge is -2.11. The number of hydrogen-bond donors (Lipinski definition) is 1. The van der Waals surface area contributed by atoms with Gasteiger partial charge in [-0.25, -0.2) is 0 Å². The first-order valence-electron chi connectivity index (χ1n) is 6.01. The Balaban J connectivity index is 2.51. The zero-order chi connectivity index (χ0) is 11.1. The average Bonchev–Trinajstić information content (AvgIpc) is 2.20. The van der Waals surface area contributed by atoms with E-state index < -0.39 is 0 Å². The van der Waals surface area contributed by atoms with Crippen LogP contribution in [0.25, 0.3) is 0 Å². The highest BCUT2D eigenvalue weighted by Crippen LogP contribution is 2.10. The van der Waals surface area contributed by atoms with Crippen molar-refractivity contribution in [1.82, 2.24) is 5.32 Å². The molecule has 1 heteroatoms. The molecule has 1 N–H and O–H groups in total. The molecular formula is C14H23N. The van der Waals surface area contributed by atoms with Crippen LogP contribution in [0.15, 0.2) is 24.3 Å². The molecular weight excluding hydrogens is 182 g/mol. The molecule has 0 aliphatic carbocycles. The van der Waals surface area contributed by atoms with Crippen molar-refractivity contribution in [3.8, 4) is 0 Å². The molecule has 15 heavy (non-hydrogen) atoms. The molecule has 1 aromatic rings. The highest BCUT2D eigenvalue weighted by molar-refractivity contribution is 5.27. The van der Waals surface area contributed by atoms with E-state index >= 15 is 0 Å². The summed E-state index contributed by atoms with van der Waals surface area (Å²) in [6.45, 7) is 8.82. The molecule has 0 spiro atoms. The third-order valence-electron chi connectivity index (χ3n) is 2.51. The van der Waals surface area contributed by atoms with Gasteiger partial charge in [-0.1, -0.05) is 51.5 Å². The summed E-state index contributed by atoms with van der Waals surface area (Å²) in [4.78, 5) is 0. The van der Waals surface area contributed by atoms with Gasteiger partial charge in [-0.15, -0.1) is 0 Å². The lowest BCUT2D eigenvalue weighted by Crippen LogP contribution is -2.19. The van der Waals surface area contributed by atoms with Gasteiger partial charge in [0.15, 0.2) is 0 Å². The van der Waals surface area contributed by atoms with Crippen molar-refractivity contribution in [2.24, 2.45) is 5.92 Å². The summed E-state index contributed by atoms with van der Waals surface area (Å²) in [6, 6.07) is 8.75. The summed E-state index contributed by atoms with van der Waals surface area (Å²) in [5.41, 5.74) is 2.95. The van der Waals surface area contributed by atoms with Crippen LogP contribution in [0.3, 0.4) is 0 Å². The van der Waals surface area contributed by atoms with Gasteiger partial charge in [0, 0.05) is 6.54 Å². The van der Waals surface area contributed by atoms with Crippen LogP contribution in [0.2, 0.25) is 0 Å². The normalized spacial score (nSPS) is 10.9. The molecule has 0 atom stereocenters. The van der Waals surface area contributed by atoms with Crippen LogP contribution in [-0.4, -0.2) is 6.54 Å². The molecule has 0 aromatic heterocycles. The van der Waals surface area contributed by atoms with Crippen LogP contribution in [0.1, 0.15) is 38.3 Å². The Hall–Kier alpha value is -0.820. The second-order valence-electron chi connectivity index (χ2n) is 4.54. The number of aryl methyl sites for hydroxylation is 1. The number of hydrogen-bond acceptors (Lipinski definition) is 1. The van der Waals surface area contributed by atoms with Gasteiger partial charge in [0.2, 0.25) is 0 Å². The summed E-state index contributed by atoms with van der Waals surface area (Å²) in [5, 5.41) is 3.50. The first-order valence-corrected chi connectivity index (χ1v) is 6.01. The van der Waals surface area contributed by atoms with Crippen LogP contribution < -0.4 is 5.32 Å². The molecule has 0 fully saturated rings. The summed E-state index contributed by atoms with van der Waals surface area (Å²) >= 11 is 0. The van der Waals surface area contributed by atoms with Crippen molar-refractivity contribution in [2.45, 2.75) is 40.2 Å². The predicted molar refractivity (Wildman–Crippen MR) is 67.0 cm³/mol. The third kappa shape index (κ3) is 4.48. The van der Waals surface area contributed by atoms with Gasteiger partial charge in [-0.3, -0.25) is 0 Å². The standard InChI is InChI=1S/C14H23N/c1-4-7-13-8-5-6-9-14(13)11-15-10-12(2)3/h5-6,8-9,12,15H,4,7,10-11H2,1-3H3. The summed E-state index contributed by atoms with van der Waals surface area (Å²) in [6.07, 6.45) is 2.42. The molecule has 0 unspecified atom stereocenters. The van der Waals surface area contributed by atoms with Gasteiger partial charge >= 0.3 is 0 Å². The minimum Gasteiger partial charge on any atom is -0.312 e. The molecule has 0 radical (unpaired) electrons. The number of benzene rings is 1. The molecule has 0 bridgehead atoms. The van der Waals surface area contributed by atoms with Gasteiger partial charge in [0.25, 0.3) is 0 Å². The molecule has 84 valence electrons. The quantitative estimate of drug-likeness (QED) is 0.750. The van der Waals surface area contributed by atoms with E-state index in [1.165, 1.54) is 24.0 Å². The SMILES string of the molecule is CCCc1ccccc1CNCC(C)C. The Bertz CT molecular complexity index is 278. The van der Waals surface area contributed by atoms with E-state index in [2.05, 4.69) is 50.4 Å². The Morgan fingerprint density at radius 2 is 1.80 bits per heavy atom. The minimum absolute atomic E-state index is 0.725. The Kier molecular flexibility index (Phi) is 5.41. The van der Waals surface area contributed by atoms with Crippen molar-refractivity contribution in [3.63, 3.8) is 0 Å². The van der Waals surface area contributed by atoms with Gasteiger partial charge in [0.1, 0.15) is 0 Å². The molecule has 1 aromatic carbocycles. The van der Waals surface area contributed by atoms with Gasteiger partial charge in [-0.05, 0) is 30.0 Å². The molecule has 0 saturated carbocycles. The molecule has 1 rings (SSSR count). The number of nitrogens with one attached hydrogen (secondary N) is 1. The van der Waals surface area contributed by atoms with E-state index in [1.807, 2.05) is 0 Å². The van der Waals surface area contributed by atoms with Crippen molar-refractivity contribution >= 4 is 0 Å². The van der Waals surface area contributed by atoms with Crippen LogP contribution >= 0.6 is 0 Å². The maximum Gasteiger partial charge on any atom is 0.0208 e. The Morgan fingerprint density at radius 1 is 1.13 bits per heavy atom. The smallest absolute Gasteiger partial charge is 0.0208 e. The highest BCUT2D eigenvalue weighted by atomic mass is 14.8. The van der Waals surface area contributed by atoms with Crippen molar-refractivity contribution in [1.29, 1.82) is 0 Å². The first-order chi connectivity index (χ1) is 7.24. The van der Waals surface area contributed by atoms with E-state index in [0.717, 1.165) is 19.0 Å². The summed E-state index contributed by atoms with van der Waals surface area (Å²) in [5.74, 6) is 0.725. The second-order valence-corrected chi connectivity index (χ2v) is 4.54. The van der Waals surface area contributed by atoms with Crippen molar-refractivity contribution in [2.75, 3.05) is 6.54 Å². The molecule has 0 saturated heterocycles. The lowest BCUT2D eigenvalue weighted by molar-refractivity contribution is 0.551.